The van der Waals surface area contributed by atoms with Gasteiger partial charge in [0, 0.05) is 46.3 Å². The molecule has 1 aliphatic heterocycles. The molecule has 5 N–H and O–H groups in total. The normalized spacial score (nSPS) is 15.5. The first-order valence-corrected chi connectivity index (χ1v) is 11.2. The van der Waals surface area contributed by atoms with E-state index in [0.717, 1.165) is 27.4 Å². The summed E-state index contributed by atoms with van der Waals surface area (Å²) in [6.07, 6.45) is 5.25. The Balaban J connectivity index is 1.28. The first-order valence-electron chi connectivity index (χ1n) is 11.2. The molecule has 1 saturated heterocycles. The van der Waals surface area contributed by atoms with E-state index in [4.69, 9.17) is 0 Å². The van der Waals surface area contributed by atoms with E-state index in [1.807, 2.05) is 30.6 Å². The zero-order valence-corrected chi connectivity index (χ0v) is 18.1. The van der Waals surface area contributed by atoms with Crippen molar-refractivity contribution in [3.05, 3.63) is 71.8 Å². The van der Waals surface area contributed by atoms with E-state index in [9.17, 15) is 14.0 Å². The van der Waals surface area contributed by atoms with Gasteiger partial charge in [-0.3, -0.25) is 9.59 Å². The molecule has 0 radical (unpaired) electrons. The van der Waals surface area contributed by atoms with Crippen LogP contribution in [0.1, 0.15) is 28.8 Å². The molecule has 4 aromatic rings. The zero-order chi connectivity index (χ0) is 22.8. The Morgan fingerprint density at radius 1 is 1.00 bits per heavy atom. The predicted molar refractivity (Wildman–Crippen MR) is 126 cm³/mol. The van der Waals surface area contributed by atoms with Crippen molar-refractivity contribution in [1.82, 2.24) is 25.9 Å². The maximum atomic E-state index is 13.6. The highest BCUT2D eigenvalue weighted by molar-refractivity contribution is 6.01. The third-order valence-electron chi connectivity index (χ3n) is 6.47. The zero-order valence-electron chi connectivity index (χ0n) is 18.1. The third kappa shape index (κ3) is 4.21. The summed E-state index contributed by atoms with van der Waals surface area (Å²) in [5.74, 6) is -0.741. The molecule has 0 spiro atoms. The van der Waals surface area contributed by atoms with Crippen molar-refractivity contribution in [3.63, 3.8) is 0 Å². The van der Waals surface area contributed by atoms with E-state index < -0.39 is 5.54 Å². The van der Waals surface area contributed by atoms with Crippen LogP contribution in [0.25, 0.3) is 21.8 Å². The van der Waals surface area contributed by atoms with Gasteiger partial charge in [-0.15, -0.1) is 0 Å². The largest absolute Gasteiger partial charge is 0.361 e. The lowest BCUT2D eigenvalue weighted by Gasteiger charge is -2.37. The number of piperidine rings is 1. The summed E-state index contributed by atoms with van der Waals surface area (Å²) in [7, 11) is 0. The van der Waals surface area contributed by atoms with Crippen molar-refractivity contribution < 1.29 is 14.0 Å². The van der Waals surface area contributed by atoms with Gasteiger partial charge < -0.3 is 25.9 Å². The number of aromatic amines is 2. The van der Waals surface area contributed by atoms with Crippen molar-refractivity contribution in [2.75, 3.05) is 19.6 Å². The second kappa shape index (κ2) is 8.71. The van der Waals surface area contributed by atoms with Crippen LogP contribution in [0.2, 0.25) is 0 Å². The second-order valence-corrected chi connectivity index (χ2v) is 8.58. The molecule has 0 atom stereocenters. The van der Waals surface area contributed by atoms with E-state index in [1.165, 1.54) is 12.1 Å². The lowest BCUT2D eigenvalue weighted by molar-refractivity contribution is -0.128. The Kier molecular flexibility index (Phi) is 5.60. The Morgan fingerprint density at radius 3 is 2.67 bits per heavy atom. The number of amides is 2. The molecule has 1 fully saturated rings. The highest BCUT2D eigenvalue weighted by atomic mass is 19.1. The van der Waals surface area contributed by atoms with Gasteiger partial charge in [-0.2, -0.15) is 0 Å². The van der Waals surface area contributed by atoms with Crippen LogP contribution in [0.15, 0.2) is 54.9 Å². The minimum atomic E-state index is -0.970. The van der Waals surface area contributed by atoms with Gasteiger partial charge in [-0.25, -0.2) is 4.39 Å². The van der Waals surface area contributed by atoms with Crippen LogP contribution in [0.3, 0.4) is 0 Å². The molecule has 33 heavy (non-hydrogen) atoms. The number of nitrogens with one attached hydrogen (secondary N) is 5. The Hall–Kier alpha value is -3.65. The van der Waals surface area contributed by atoms with Crippen LogP contribution >= 0.6 is 0 Å². The number of hydrogen-bond donors (Lipinski definition) is 5. The van der Waals surface area contributed by atoms with Gasteiger partial charge in [-0.1, -0.05) is 0 Å². The number of H-pyrrole nitrogens is 2. The maximum Gasteiger partial charge on any atom is 0.252 e. The number of carbonyl (C=O) groups is 2. The minimum absolute atomic E-state index is 0.189. The molecule has 2 aromatic heterocycles. The number of aromatic nitrogens is 2. The first-order chi connectivity index (χ1) is 16.0. The quantitative estimate of drug-likeness (QED) is 0.314. The molecule has 0 unspecified atom stereocenters. The minimum Gasteiger partial charge on any atom is -0.361 e. The first kappa shape index (κ1) is 21.2. The van der Waals surface area contributed by atoms with Gasteiger partial charge >= 0.3 is 0 Å². The molecule has 1 aliphatic rings. The third-order valence-corrected chi connectivity index (χ3v) is 6.47. The molecule has 170 valence electrons. The average Bonchev–Trinajstić information content (AvgIpc) is 3.46. The van der Waals surface area contributed by atoms with Crippen LogP contribution < -0.4 is 16.0 Å². The number of hydrogen-bond acceptors (Lipinski definition) is 3. The van der Waals surface area contributed by atoms with Gasteiger partial charge in [0.2, 0.25) is 5.91 Å². The molecule has 3 heterocycles. The standard InChI is InChI=1S/C25H26FN5O2/c26-19-2-4-22-20(14-19)18(15-30-22)6-10-29-24(33)25(7-11-27-12-8-25)31-23(32)17-1-3-21-16(13-17)5-9-28-21/h1-5,9,13-15,27-28,30H,6-8,10-12H2,(H,29,33)(H,31,32). The van der Waals surface area contributed by atoms with Crippen LogP contribution in [0.4, 0.5) is 4.39 Å². The lowest BCUT2D eigenvalue weighted by atomic mass is 9.86. The average molecular weight is 448 g/mol. The van der Waals surface area contributed by atoms with Gasteiger partial charge in [0.25, 0.3) is 5.91 Å². The molecule has 5 rings (SSSR count). The van der Waals surface area contributed by atoms with Crippen molar-refractivity contribution in [1.29, 1.82) is 0 Å². The van der Waals surface area contributed by atoms with Crippen molar-refractivity contribution in [3.8, 4) is 0 Å². The Labute approximate surface area is 190 Å². The fourth-order valence-electron chi connectivity index (χ4n) is 4.58. The topological polar surface area (TPSA) is 102 Å². The smallest absolute Gasteiger partial charge is 0.252 e. The van der Waals surface area contributed by atoms with Crippen molar-refractivity contribution >= 4 is 33.6 Å². The van der Waals surface area contributed by atoms with Crippen LogP contribution in [0, 0.1) is 5.82 Å². The number of rotatable bonds is 6. The summed E-state index contributed by atoms with van der Waals surface area (Å²) in [5.41, 5.74) is 2.31. The van der Waals surface area contributed by atoms with E-state index in [2.05, 4.69) is 25.9 Å². The molecule has 2 amide bonds. The highest BCUT2D eigenvalue weighted by Crippen LogP contribution is 2.22. The maximum absolute atomic E-state index is 13.6. The van der Waals surface area contributed by atoms with E-state index in [1.54, 1.807) is 12.1 Å². The fraction of sp³-hybridized carbons (Fsp3) is 0.280. The summed E-state index contributed by atoms with van der Waals surface area (Å²) in [6, 6.07) is 12.0. The lowest BCUT2D eigenvalue weighted by Crippen LogP contribution is -2.63. The van der Waals surface area contributed by atoms with Crippen LogP contribution in [-0.2, 0) is 11.2 Å². The summed E-state index contributed by atoms with van der Waals surface area (Å²) in [6.45, 7) is 1.68. The van der Waals surface area contributed by atoms with Crippen LogP contribution in [0.5, 0.6) is 0 Å². The molecular weight excluding hydrogens is 421 g/mol. The molecule has 0 aliphatic carbocycles. The fourth-order valence-corrected chi connectivity index (χ4v) is 4.58. The van der Waals surface area contributed by atoms with Gasteiger partial charge in [0.15, 0.2) is 0 Å². The predicted octanol–water partition coefficient (Wildman–Crippen LogP) is 3.00. The number of carbonyl (C=O) groups excluding carboxylic acids is 2. The van der Waals surface area contributed by atoms with Gasteiger partial charge in [0.05, 0.1) is 0 Å². The highest BCUT2D eigenvalue weighted by Gasteiger charge is 2.40. The SMILES string of the molecule is O=C(NC1(C(=O)NCCc2c[nH]c3ccc(F)cc23)CCNCC1)c1ccc2[nH]ccc2c1. The van der Waals surface area contributed by atoms with E-state index in [-0.39, 0.29) is 17.6 Å². The molecular formula is C25H26FN5O2. The molecule has 2 aromatic carbocycles. The summed E-state index contributed by atoms with van der Waals surface area (Å²) in [5, 5.41) is 11.0. The van der Waals surface area contributed by atoms with Crippen molar-refractivity contribution in [2.24, 2.45) is 0 Å². The number of halogens is 1. The Morgan fingerprint density at radius 2 is 1.82 bits per heavy atom. The van der Waals surface area contributed by atoms with Crippen LogP contribution in [-0.4, -0.2) is 47.0 Å². The second-order valence-electron chi connectivity index (χ2n) is 8.58. The molecule has 0 bridgehead atoms. The Bertz CT molecular complexity index is 1320. The summed E-state index contributed by atoms with van der Waals surface area (Å²) in [4.78, 5) is 32.6. The van der Waals surface area contributed by atoms with Gasteiger partial charge in [-0.05, 0) is 80.4 Å². The molecule has 8 heteroatoms. The molecule has 0 saturated carbocycles. The van der Waals surface area contributed by atoms with E-state index in [0.29, 0.717) is 44.5 Å². The monoisotopic (exact) mass is 447 g/mol. The number of fused-ring (bicyclic) bond motifs is 2. The van der Waals surface area contributed by atoms with E-state index >= 15 is 0 Å². The number of benzene rings is 2. The summed E-state index contributed by atoms with van der Waals surface area (Å²) >= 11 is 0. The molecule has 7 nitrogen and oxygen atoms in total. The summed E-state index contributed by atoms with van der Waals surface area (Å²) < 4.78 is 13.6. The van der Waals surface area contributed by atoms with Crippen molar-refractivity contribution in [2.45, 2.75) is 24.8 Å². The van der Waals surface area contributed by atoms with Gasteiger partial charge in [0.1, 0.15) is 11.4 Å².